The van der Waals surface area contributed by atoms with Gasteiger partial charge < -0.3 is 14.4 Å². The number of hydrogen-bond donors (Lipinski definition) is 0. The zero-order valence-electron chi connectivity index (χ0n) is 19.3. The van der Waals surface area contributed by atoms with Gasteiger partial charge in [-0.15, -0.1) is 0 Å². The van der Waals surface area contributed by atoms with Crippen molar-refractivity contribution >= 4 is 34.4 Å². The Bertz CT molecular complexity index is 1380. The molecule has 0 saturated carbocycles. The lowest BCUT2D eigenvalue weighted by molar-refractivity contribution is -0.131. The number of carbonyl (C=O) groups excluding carboxylic acids is 1. The molecule has 0 atom stereocenters. The fraction of sp³-hybridized carbons (Fsp3) is 0.259. The molecule has 3 heterocycles. The highest BCUT2D eigenvalue weighted by molar-refractivity contribution is 6.31. The van der Waals surface area contributed by atoms with Gasteiger partial charge in [0.25, 0.3) is 5.56 Å². The summed E-state index contributed by atoms with van der Waals surface area (Å²) in [7, 11) is 0. The van der Waals surface area contributed by atoms with Crippen molar-refractivity contribution in [3.05, 3.63) is 99.6 Å². The second-order valence-electron chi connectivity index (χ2n) is 8.62. The second kappa shape index (κ2) is 10.3. The van der Waals surface area contributed by atoms with Crippen LogP contribution < -0.4 is 10.5 Å². The monoisotopic (exact) mass is 487 g/mol. The van der Waals surface area contributed by atoms with Crippen LogP contribution in [-0.2, 0) is 17.8 Å². The van der Waals surface area contributed by atoms with Gasteiger partial charge in [0.05, 0.1) is 17.6 Å². The number of aromatic nitrogens is 3. The third kappa shape index (κ3) is 5.20. The highest BCUT2D eigenvalue weighted by atomic mass is 35.5. The highest BCUT2D eigenvalue weighted by Crippen LogP contribution is 2.19. The second-order valence-corrected chi connectivity index (χ2v) is 9.06. The first kappa shape index (κ1) is 23.1. The molecule has 0 bridgehead atoms. The third-order valence-electron chi connectivity index (χ3n) is 6.34. The number of anilines is 1. The van der Waals surface area contributed by atoms with E-state index in [-0.39, 0.29) is 24.3 Å². The number of piperazine rings is 1. The lowest BCUT2D eigenvalue weighted by Gasteiger charge is -2.35. The van der Waals surface area contributed by atoms with Crippen LogP contribution in [0.3, 0.4) is 0 Å². The van der Waals surface area contributed by atoms with E-state index >= 15 is 0 Å². The van der Waals surface area contributed by atoms with Gasteiger partial charge in [-0.25, -0.2) is 9.97 Å². The van der Waals surface area contributed by atoms with Crippen LogP contribution in [0.25, 0.3) is 11.0 Å². The van der Waals surface area contributed by atoms with E-state index in [9.17, 15) is 9.59 Å². The zero-order chi connectivity index (χ0) is 24.2. The number of halogens is 1. The summed E-state index contributed by atoms with van der Waals surface area (Å²) in [6.07, 6.45) is 2.31. The van der Waals surface area contributed by atoms with Gasteiger partial charge in [0.15, 0.2) is 0 Å². The van der Waals surface area contributed by atoms with E-state index in [0.29, 0.717) is 35.9 Å². The van der Waals surface area contributed by atoms with Gasteiger partial charge in [-0.2, -0.15) is 0 Å². The van der Waals surface area contributed by atoms with Crippen LogP contribution in [0, 0.1) is 0 Å². The average molecular weight is 488 g/mol. The molecule has 7 nitrogen and oxygen atoms in total. The topological polar surface area (TPSA) is 71.3 Å². The molecule has 1 saturated heterocycles. The van der Waals surface area contributed by atoms with Crippen LogP contribution in [0.2, 0.25) is 5.02 Å². The lowest BCUT2D eigenvalue weighted by atomic mass is 10.1. The van der Waals surface area contributed by atoms with E-state index in [1.165, 1.54) is 0 Å². The Morgan fingerprint density at radius 3 is 2.46 bits per heavy atom. The van der Waals surface area contributed by atoms with Gasteiger partial charge >= 0.3 is 0 Å². The smallest absolute Gasteiger partial charge is 0.273 e. The van der Waals surface area contributed by atoms with E-state index < -0.39 is 0 Å². The van der Waals surface area contributed by atoms with Gasteiger partial charge in [0.1, 0.15) is 11.5 Å². The maximum Gasteiger partial charge on any atom is 0.273 e. The van der Waals surface area contributed by atoms with E-state index in [4.69, 9.17) is 11.6 Å². The summed E-state index contributed by atoms with van der Waals surface area (Å²) in [4.78, 5) is 39.4. The van der Waals surface area contributed by atoms with E-state index in [1.54, 1.807) is 22.9 Å². The first-order valence-electron chi connectivity index (χ1n) is 11.7. The predicted molar refractivity (Wildman–Crippen MR) is 138 cm³/mol. The summed E-state index contributed by atoms with van der Waals surface area (Å²) in [5.41, 5.74) is 2.61. The molecular weight excluding hydrogens is 462 g/mol. The molecule has 1 aliphatic heterocycles. The van der Waals surface area contributed by atoms with Gasteiger partial charge in [-0.05, 0) is 35.9 Å². The summed E-state index contributed by atoms with van der Waals surface area (Å²) >= 11 is 6.21. The Kier molecular flexibility index (Phi) is 6.77. The number of rotatable bonds is 6. The number of amides is 1. The van der Waals surface area contributed by atoms with Crippen molar-refractivity contribution in [2.75, 3.05) is 31.1 Å². The van der Waals surface area contributed by atoms with Crippen LogP contribution >= 0.6 is 11.6 Å². The molecule has 0 unspecified atom stereocenters. The maximum absolute atomic E-state index is 13.4. The van der Waals surface area contributed by atoms with Crippen molar-refractivity contribution in [1.82, 2.24) is 19.4 Å². The SMILES string of the molecule is O=C(CCc1nc2cc(Cl)ccc2n(Cc2ccccc2)c1=O)N1CCN(c2ccccn2)CC1. The first-order valence-corrected chi connectivity index (χ1v) is 12.1. The number of benzene rings is 2. The number of pyridine rings is 1. The van der Waals surface area contributed by atoms with Crippen molar-refractivity contribution < 1.29 is 4.79 Å². The number of nitrogens with zero attached hydrogens (tertiary/aromatic N) is 5. The standard InChI is InChI=1S/C27H26ClN5O2/c28-21-9-11-24-23(18-21)30-22(27(35)33(24)19-20-6-2-1-3-7-20)10-12-26(34)32-16-14-31(15-17-32)25-8-4-5-13-29-25/h1-9,11,13,18H,10,12,14-17,19H2. The Balaban J connectivity index is 1.31. The van der Waals surface area contributed by atoms with E-state index in [2.05, 4.69) is 14.9 Å². The van der Waals surface area contributed by atoms with Crippen LogP contribution in [0.15, 0.2) is 77.7 Å². The van der Waals surface area contributed by atoms with Crippen LogP contribution in [0.5, 0.6) is 0 Å². The fourth-order valence-corrected chi connectivity index (χ4v) is 4.63. The molecule has 0 spiro atoms. The number of fused-ring (bicyclic) bond motifs is 1. The van der Waals surface area contributed by atoms with Crippen LogP contribution in [0.4, 0.5) is 5.82 Å². The normalized spacial score (nSPS) is 13.9. The minimum absolute atomic E-state index is 0.0349. The largest absolute Gasteiger partial charge is 0.353 e. The van der Waals surface area contributed by atoms with Crippen LogP contribution in [0.1, 0.15) is 17.7 Å². The first-order chi connectivity index (χ1) is 17.1. The van der Waals surface area contributed by atoms with Crippen molar-refractivity contribution in [3.63, 3.8) is 0 Å². The molecule has 5 rings (SSSR count). The molecule has 1 aliphatic rings. The number of aryl methyl sites for hydroxylation is 1. The third-order valence-corrected chi connectivity index (χ3v) is 6.58. The van der Waals surface area contributed by atoms with Crippen molar-refractivity contribution in [2.45, 2.75) is 19.4 Å². The van der Waals surface area contributed by atoms with Crippen molar-refractivity contribution in [3.8, 4) is 0 Å². The molecule has 0 N–H and O–H groups in total. The van der Waals surface area contributed by atoms with Crippen molar-refractivity contribution in [1.29, 1.82) is 0 Å². The summed E-state index contributed by atoms with van der Waals surface area (Å²) in [6, 6.07) is 21.0. The van der Waals surface area contributed by atoms with Crippen molar-refractivity contribution in [2.24, 2.45) is 0 Å². The summed E-state index contributed by atoms with van der Waals surface area (Å²) < 4.78 is 1.72. The Morgan fingerprint density at radius 1 is 0.943 bits per heavy atom. The van der Waals surface area contributed by atoms with Gasteiger partial charge in [0, 0.05) is 50.2 Å². The minimum atomic E-state index is -0.170. The van der Waals surface area contributed by atoms with Gasteiger partial charge in [-0.1, -0.05) is 48.0 Å². The minimum Gasteiger partial charge on any atom is -0.353 e. The van der Waals surface area contributed by atoms with E-state index in [1.807, 2.05) is 59.5 Å². The zero-order valence-corrected chi connectivity index (χ0v) is 20.1. The molecule has 0 aliphatic carbocycles. The number of hydrogen-bond acceptors (Lipinski definition) is 5. The summed E-state index contributed by atoms with van der Waals surface area (Å²) in [6.45, 7) is 3.16. The highest BCUT2D eigenvalue weighted by Gasteiger charge is 2.22. The van der Waals surface area contributed by atoms with Crippen LogP contribution in [-0.4, -0.2) is 51.5 Å². The molecular formula is C27H26ClN5O2. The maximum atomic E-state index is 13.4. The molecule has 35 heavy (non-hydrogen) atoms. The Morgan fingerprint density at radius 2 is 1.71 bits per heavy atom. The van der Waals surface area contributed by atoms with Gasteiger partial charge in [-0.3, -0.25) is 9.59 Å². The molecule has 1 fully saturated rings. The molecule has 0 radical (unpaired) electrons. The molecule has 178 valence electrons. The Labute approximate surface area is 208 Å². The summed E-state index contributed by atoms with van der Waals surface area (Å²) in [5.74, 6) is 0.963. The molecule has 1 amide bonds. The fourth-order valence-electron chi connectivity index (χ4n) is 4.47. The molecule has 8 heteroatoms. The molecule has 4 aromatic rings. The predicted octanol–water partition coefficient (Wildman–Crippen LogP) is 3.77. The molecule has 2 aromatic heterocycles. The summed E-state index contributed by atoms with van der Waals surface area (Å²) in [5, 5.41) is 0.558. The van der Waals surface area contributed by atoms with Gasteiger partial charge in [0.2, 0.25) is 5.91 Å². The average Bonchev–Trinajstić information content (AvgIpc) is 2.90. The lowest BCUT2D eigenvalue weighted by Crippen LogP contribution is -2.49. The molecule has 2 aromatic carbocycles. The Hall–Kier alpha value is -3.71. The quantitative estimate of drug-likeness (QED) is 0.414. The number of carbonyl (C=O) groups is 1. The van der Waals surface area contributed by atoms with E-state index in [0.717, 1.165) is 30.0 Å².